The molecule has 1 aliphatic rings. The highest BCUT2D eigenvalue weighted by Crippen LogP contribution is 2.41. The number of alkyl halides is 1. The molecular formula is C16H22Br2O4. The van der Waals surface area contributed by atoms with Crippen LogP contribution < -0.4 is 9.47 Å². The third-order valence-corrected chi connectivity index (χ3v) is 4.55. The molecule has 0 saturated carbocycles. The minimum atomic E-state index is -0.0846. The lowest BCUT2D eigenvalue weighted by Crippen LogP contribution is -2.17. The topological polar surface area (TPSA) is 36.9 Å². The molecule has 1 aliphatic heterocycles. The molecule has 4 nitrogen and oxygen atoms in total. The third-order valence-electron chi connectivity index (χ3n) is 3.38. The van der Waals surface area contributed by atoms with Gasteiger partial charge < -0.3 is 18.9 Å². The van der Waals surface area contributed by atoms with E-state index in [1.807, 2.05) is 12.1 Å². The summed E-state index contributed by atoms with van der Waals surface area (Å²) in [5, 5.41) is 0. The maximum atomic E-state index is 6.01. The zero-order chi connectivity index (χ0) is 15.9. The predicted molar refractivity (Wildman–Crippen MR) is 93.1 cm³/mol. The molecule has 0 aromatic heterocycles. The van der Waals surface area contributed by atoms with E-state index in [0.29, 0.717) is 13.2 Å². The first-order valence-electron chi connectivity index (χ1n) is 7.56. The summed E-state index contributed by atoms with van der Waals surface area (Å²) in [5.74, 6) is 1.53. The van der Waals surface area contributed by atoms with Gasteiger partial charge in [-0.2, -0.15) is 0 Å². The van der Waals surface area contributed by atoms with E-state index in [0.717, 1.165) is 41.0 Å². The largest absolute Gasteiger partial charge is 0.454 e. The van der Waals surface area contributed by atoms with Crippen molar-refractivity contribution in [3.8, 4) is 11.5 Å². The fourth-order valence-corrected chi connectivity index (χ4v) is 3.19. The molecule has 0 amide bonds. The molecular weight excluding hydrogens is 416 g/mol. The number of rotatable bonds is 9. The number of hydrogen-bond donors (Lipinski definition) is 0. The summed E-state index contributed by atoms with van der Waals surface area (Å²) in [4.78, 5) is 0.166. The van der Waals surface area contributed by atoms with Crippen LogP contribution in [0.2, 0.25) is 0 Å². The normalized spacial score (nSPS) is 15.8. The second kappa shape index (κ2) is 9.11. The van der Waals surface area contributed by atoms with Gasteiger partial charge in [0.2, 0.25) is 6.79 Å². The second-order valence-corrected chi connectivity index (χ2v) is 7.46. The molecule has 1 aromatic carbocycles. The summed E-state index contributed by atoms with van der Waals surface area (Å²) in [7, 11) is 0. The highest BCUT2D eigenvalue weighted by atomic mass is 79.9. The summed E-state index contributed by atoms with van der Waals surface area (Å²) in [6.07, 6.45) is 2.15. The lowest BCUT2D eigenvalue weighted by Gasteiger charge is -2.22. The number of hydrogen-bond acceptors (Lipinski definition) is 4. The van der Waals surface area contributed by atoms with Crippen LogP contribution in [-0.4, -0.2) is 31.4 Å². The SMILES string of the molecule is CCCCOCCOC(c1cc2c(cc1Br)OCO2)C(C)Br. The molecule has 22 heavy (non-hydrogen) atoms. The van der Waals surface area contributed by atoms with Crippen molar-refractivity contribution in [2.75, 3.05) is 26.6 Å². The average molecular weight is 438 g/mol. The van der Waals surface area contributed by atoms with Crippen molar-refractivity contribution in [2.45, 2.75) is 37.6 Å². The molecule has 6 heteroatoms. The minimum Gasteiger partial charge on any atom is -0.454 e. The van der Waals surface area contributed by atoms with E-state index in [1.54, 1.807) is 0 Å². The van der Waals surface area contributed by atoms with Gasteiger partial charge in [0, 0.05) is 21.5 Å². The highest BCUT2D eigenvalue weighted by Gasteiger charge is 2.24. The Bertz CT molecular complexity index is 479. The standard InChI is InChI=1S/C16H22Br2O4/c1-3-4-5-19-6-7-20-16(11(2)17)12-8-14-15(9-13(12)18)22-10-21-14/h8-9,11,16H,3-7,10H2,1-2H3. The Balaban J connectivity index is 1.96. The Hall–Kier alpha value is -0.300. The van der Waals surface area contributed by atoms with Crippen LogP contribution >= 0.6 is 31.9 Å². The molecule has 0 fully saturated rings. The molecule has 2 unspecified atom stereocenters. The van der Waals surface area contributed by atoms with Gasteiger partial charge in [0.25, 0.3) is 0 Å². The number of fused-ring (bicyclic) bond motifs is 1. The van der Waals surface area contributed by atoms with E-state index in [-0.39, 0.29) is 17.7 Å². The molecule has 2 atom stereocenters. The van der Waals surface area contributed by atoms with E-state index in [9.17, 15) is 0 Å². The van der Waals surface area contributed by atoms with Crippen molar-refractivity contribution >= 4 is 31.9 Å². The minimum absolute atomic E-state index is 0.0846. The molecule has 1 aromatic rings. The first-order valence-corrected chi connectivity index (χ1v) is 9.26. The quantitative estimate of drug-likeness (QED) is 0.409. The lowest BCUT2D eigenvalue weighted by atomic mass is 10.1. The first kappa shape index (κ1) is 18.0. The zero-order valence-corrected chi connectivity index (χ0v) is 16.1. The maximum absolute atomic E-state index is 6.01. The van der Waals surface area contributed by atoms with E-state index in [2.05, 4.69) is 45.7 Å². The Morgan fingerprint density at radius 1 is 1.18 bits per heavy atom. The summed E-state index contributed by atoms with van der Waals surface area (Å²) in [5.41, 5.74) is 1.04. The van der Waals surface area contributed by atoms with Crippen molar-refractivity contribution in [2.24, 2.45) is 0 Å². The Morgan fingerprint density at radius 2 is 1.91 bits per heavy atom. The van der Waals surface area contributed by atoms with Crippen LogP contribution in [0.4, 0.5) is 0 Å². The molecule has 0 saturated heterocycles. The molecule has 0 spiro atoms. The first-order chi connectivity index (χ1) is 10.6. The molecule has 124 valence electrons. The van der Waals surface area contributed by atoms with Crippen LogP contribution in [0, 0.1) is 0 Å². The smallest absolute Gasteiger partial charge is 0.231 e. The average Bonchev–Trinajstić information content (AvgIpc) is 2.93. The van der Waals surface area contributed by atoms with Gasteiger partial charge in [-0.1, -0.05) is 45.2 Å². The number of ether oxygens (including phenoxy) is 4. The van der Waals surface area contributed by atoms with Crippen molar-refractivity contribution in [3.05, 3.63) is 22.2 Å². The lowest BCUT2D eigenvalue weighted by molar-refractivity contribution is 0.00445. The molecule has 0 radical (unpaired) electrons. The van der Waals surface area contributed by atoms with Gasteiger partial charge in [0.05, 0.1) is 19.3 Å². The van der Waals surface area contributed by atoms with Gasteiger partial charge in [-0.05, 0) is 25.5 Å². The Labute approximate surface area is 148 Å². The number of halogens is 2. The molecule has 0 N–H and O–H groups in total. The van der Waals surface area contributed by atoms with Gasteiger partial charge in [0.1, 0.15) is 0 Å². The third kappa shape index (κ3) is 4.85. The Morgan fingerprint density at radius 3 is 2.59 bits per heavy atom. The highest BCUT2D eigenvalue weighted by molar-refractivity contribution is 9.10. The van der Waals surface area contributed by atoms with Gasteiger partial charge in [0.15, 0.2) is 11.5 Å². The van der Waals surface area contributed by atoms with E-state index < -0.39 is 0 Å². The molecule has 0 bridgehead atoms. The maximum Gasteiger partial charge on any atom is 0.231 e. The number of benzene rings is 1. The molecule has 1 heterocycles. The van der Waals surface area contributed by atoms with Gasteiger partial charge in [-0.3, -0.25) is 0 Å². The van der Waals surface area contributed by atoms with E-state index in [4.69, 9.17) is 18.9 Å². The van der Waals surface area contributed by atoms with Crippen LogP contribution in [0.25, 0.3) is 0 Å². The zero-order valence-electron chi connectivity index (χ0n) is 12.9. The predicted octanol–water partition coefficient (Wildman–Crippen LogP) is 4.84. The van der Waals surface area contributed by atoms with Crippen molar-refractivity contribution in [1.29, 1.82) is 0 Å². The summed E-state index contributed by atoms with van der Waals surface area (Å²) in [6.45, 7) is 6.46. The van der Waals surface area contributed by atoms with Crippen LogP contribution in [0.5, 0.6) is 11.5 Å². The van der Waals surface area contributed by atoms with Crippen molar-refractivity contribution < 1.29 is 18.9 Å². The molecule has 0 aliphatic carbocycles. The van der Waals surface area contributed by atoms with Gasteiger partial charge in [-0.15, -0.1) is 0 Å². The van der Waals surface area contributed by atoms with Crippen LogP contribution in [0.15, 0.2) is 16.6 Å². The van der Waals surface area contributed by atoms with Gasteiger partial charge >= 0.3 is 0 Å². The van der Waals surface area contributed by atoms with E-state index in [1.165, 1.54) is 0 Å². The molecule has 2 rings (SSSR count). The summed E-state index contributed by atoms with van der Waals surface area (Å²) in [6, 6.07) is 3.91. The van der Waals surface area contributed by atoms with Gasteiger partial charge in [-0.25, -0.2) is 0 Å². The fraction of sp³-hybridized carbons (Fsp3) is 0.625. The second-order valence-electron chi connectivity index (χ2n) is 5.16. The Kier molecular flexibility index (Phi) is 7.47. The van der Waals surface area contributed by atoms with Crippen molar-refractivity contribution in [1.82, 2.24) is 0 Å². The van der Waals surface area contributed by atoms with E-state index >= 15 is 0 Å². The van der Waals surface area contributed by atoms with Crippen LogP contribution in [-0.2, 0) is 9.47 Å². The fourth-order valence-electron chi connectivity index (χ4n) is 2.20. The van der Waals surface area contributed by atoms with Crippen molar-refractivity contribution in [3.63, 3.8) is 0 Å². The summed E-state index contributed by atoms with van der Waals surface area (Å²) >= 11 is 7.22. The van der Waals surface area contributed by atoms with Crippen LogP contribution in [0.1, 0.15) is 38.4 Å². The van der Waals surface area contributed by atoms with Crippen LogP contribution in [0.3, 0.4) is 0 Å². The monoisotopic (exact) mass is 436 g/mol. The summed E-state index contributed by atoms with van der Waals surface area (Å²) < 4.78 is 23.4. The number of unbranched alkanes of at least 4 members (excludes halogenated alkanes) is 1.